The Morgan fingerprint density at radius 3 is 2.56 bits per heavy atom. The molecule has 0 aliphatic heterocycles. The number of hydrogen-bond donors (Lipinski definition) is 2. The van der Waals surface area contributed by atoms with Crippen molar-refractivity contribution >= 4 is 11.6 Å². The molecule has 0 radical (unpaired) electrons. The molecule has 2 fully saturated rings. The number of carbonyl (C=O) groups excluding carboxylic acids is 1. The first kappa shape index (κ1) is 27.2. The molecule has 2 aromatic heterocycles. The summed E-state index contributed by atoms with van der Waals surface area (Å²) in [5.41, 5.74) is 1.12. The van der Waals surface area contributed by atoms with E-state index < -0.39 is 17.1 Å². The summed E-state index contributed by atoms with van der Waals surface area (Å²) in [6, 6.07) is 6.46. The van der Waals surface area contributed by atoms with Gasteiger partial charge in [-0.1, -0.05) is 33.8 Å². The molecular formula is C30H39FN6O2. The molecule has 0 unspecified atom stereocenters. The monoisotopic (exact) mass is 534 g/mol. The van der Waals surface area contributed by atoms with Gasteiger partial charge in [0.2, 0.25) is 0 Å². The van der Waals surface area contributed by atoms with E-state index in [9.17, 15) is 9.59 Å². The van der Waals surface area contributed by atoms with Gasteiger partial charge in [0.25, 0.3) is 11.5 Å². The summed E-state index contributed by atoms with van der Waals surface area (Å²) in [4.78, 5) is 26.8. The Kier molecular flexibility index (Phi) is 7.22. The molecule has 1 aromatic carbocycles. The van der Waals surface area contributed by atoms with Gasteiger partial charge in [-0.25, -0.2) is 4.39 Å². The first-order valence-electron chi connectivity index (χ1n) is 13.9. The number of nitrogens with zero attached hydrogens (tertiary/aromatic N) is 4. The van der Waals surface area contributed by atoms with Gasteiger partial charge >= 0.3 is 0 Å². The fourth-order valence-corrected chi connectivity index (χ4v) is 6.07. The van der Waals surface area contributed by atoms with Crippen LogP contribution in [0.3, 0.4) is 0 Å². The van der Waals surface area contributed by atoms with Crippen molar-refractivity contribution in [1.82, 2.24) is 24.6 Å². The molecule has 9 heteroatoms. The number of halogens is 1. The molecule has 39 heavy (non-hydrogen) atoms. The van der Waals surface area contributed by atoms with Crippen LogP contribution in [0.15, 0.2) is 41.6 Å². The highest BCUT2D eigenvalue weighted by Gasteiger charge is 2.54. The molecular weight excluding hydrogens is 495 g/mol. The average molecular weight is 535 g/mol. The Bertz CT molecular complexity index is 1430. The van der Waals surface area contributed by atoms with E-state index in [1.165, 1.54) is 6.07 Å². The summed E-state index contributed by atoms with van der Waals surface area (Å²) < 4.78 is 18.6. The second kappa shape index (κ2) is 10.3. The third-order valence-electron chi connectivity index (χ3n) is 7.89. The molecule has 3 aromatic rings. The smallest absolute Gasteiger partial charge is 0.263 e. The van der Waals surface area contributed by atoms with E-state index in [1.54, 1.807) is 29.1 Å². The second-order valence-corrected chi connectivity index (χ2v) is 12.7. The average Bonchev–Trinajstić information content (AvgIpc) is 3.56. The number of hydrogen-bond acceptors (Lipinski definition) is 5. The molecule has 1 amide bonds. The number of amides is 1. The normalized spacial score (nSPS) is 17.7. The largest absolute Gasteiger partial charge is 0.320 e. The highest BCUT2D eigenvalue weighted by molar-refractivity contribution is 6.04. The number of aromatic nitrogens is 4. The Balaban J connectivity index is 1.45. The minimum absolute atomic E-state index is 0.0251. The number of benzene rings is 1. The molecule has 208 valence electrons. The highest BCUT2D eigenvalue weighted by atomic mass is 19.1. The van der Waals surface area contributed by atoms with Crippen LogP contribution < -0.4 is 16.2 Å². The molecule has 0 saturated heterocycles. The van der Waals surface area contributed by atoms with E-state index in [4.69, 9.17) is 0 Å². The highest BCUT2D eigenvalue weighted by Crippen LogP contribution is 2.58. The topological polar surface area (TPSA) is 93.8 Å². The van der Waals surface area contributed by atoms with Crippen molar-refractivity contribution in [2.24, 2.45) is 24.3 Å². The van der Waals surface area contributed by atoms with Crippen LogP contribution in [0.2, 0.25) is 0 Å². The maximum absolute atomic E-state index is 15.1. The van der Waals surface area contributed by atoms with Crippen molar-refractivity contribution in [2.45, 2.75) is 71.9 Å². The van der Waals surface area contributed by atoms with E-state index in [0.717, 1.165) is 49.2 Å². The van der Waals surface area contributed by atoms with Crippen LogP contribution in [-0.4, -0.2) is 31.8 Å². The van der Waals surface area contributed by atoms with Gasteiger partial charge < -0.3 is 19.8 Å². The number of carbonyl (C=O) groups is 1. The Labute approximate surface area is 229 Å². The summed E-state index contributed by atoms with van der Waals surface area (Å²) in [5.74, 6) is 0.608. The Hall–Kier alpha value is -3.33. The van der Waals surface area contributed by atoms with Crippen molar-refractivity contribution in [2.75, 3.05) is 11.9 Å². The number of pyridine rings is 1. The van der Waals surface area contributed by atoms with E-state index in [1.807, 2.05) is 17.8 Å². The molecule has 2 N–H and O–H groups in total. The zero-order chi connectivity index (χ0) is 27.9. The summed E-state index contributed by atoms with van der Waals surface area (Å²) in [7, 11) is 1.91. The SMILES string of the molecule is CC(C)CNCc1cc(C(=O)Nc2cc(C3(c4nncn4C)CC(C)(C)C3)ccc2F)c(=O)n(CC2CC2)c1. The lowest BCUT2D eigenvalue weighted by Gasteiger charge is -2.52. The van der Waals surface area contributed by atoms with Crippen LogP contribution in [-0.2, 0) is 25.6 Å². The maximum Gasteiger partial charge on any atom is 0.263 e. The van der Waals surface area contributed by atoms with Gasteiger partial charge in [0, 0.05) is 26.3 Å². The van der Waals surface area contributed by atoms with Gasteiger partial charge in [-0.15, -0.1) is 10.2 Å². The number of nitrogens with one attached hydrogen (secondary N) is 2. The summed E-state index contributed by atoms with van der Waals surface area (Å²) in [6.07, 6.45) is 7.34. The molecule has 2 heterocycles. The summed E-state index contributed by atoms with van der Waals surface area (Å²) in [6.45, 7) is 10.6. The van der Waals surface area contributed by atoms with Crippen LogP contribution in [0, 0.1) is 23.1 Å². The van der Waals surface area contributed by atoms with Gasteiger partial charge in [-0.2, -0.15) is 0 Å². The van der Waals surface area contributed by atoms with Crippen LogP contribution in [0.1, 0.15) is 80.7 Å². The number of anilines is 1. The first-order chi connectivity index (χ1) is 18.5. The molecule has 2 aliphatic rings. The minimum Gasteiger partial charge on any atom is -0.320 e. The van der Waals surface area contributed by atoms with E-state index in [-0.39, 0.29) is 22.2 Å². The van der Waals surface area contributed by atoms with Crippen LogP contribution in [0.4, 0.5) is 10.1 Å². The van der Waals surface area contributed by atoms with Crippen molar-refractivity contribution in [3.8, 4) is 0 Å². The van der Waals surface area contributed by atoms with Gasteiger partial charge in [0.15, 0.2) is 0 Å². The van der Waals surface area contributed by atoms with Gasteiger partial charge in [-0.05, 0) is 78.8 Å². The lowest BCUT2D eigenvalue weighted by molar-refractivity contribution is 0.0790. The minimum atomic E-state index is -0.604. The van der Waals surface area contributed by atoms with Crippen molar-refractivity contribution in [3.63, 3.8) is 0 Å². The van der Waals surface area contributed by atoms with Crippen LogP contribution in [0.25, 0.3) is 0 Å². The standard InChI is InChI=1S/C30H39FN6O2/c1-19(2)12-32-13-21-10-23(27(39)37(15-21)14-20-6-7-20)26(38)34-25-11-22(8-9-24(25)31)30(16-29(3,4)17-30)28-35-33-18-36(28)5/h8-11,15,18-20,32H,6-7,12-14,16-17H2,1-5H3,(H,34,38). The molecule has 2 saturated carbocycles. The predicted molar refractivity (Wildman–Crippen MR) is 149 cm³/mol. The van der Waals surface area contributed by atoms with Crippen LogP contribution in [0.5, 0.6) is 0 Å². The number of aryl methyl sites for hydroxylation is 1. The molecule has 5 rings (SSSR count). The van der Waals surface area contributed by atoms with Gasteiger partial charge in [-0.3, -0.25) is 9.59 Å². The zero-order valence-corrected chi connectivity index (χ0v) is 23.6. The third-order valence-corrected chi connectivity index (χ3v) is 7.89. The van der Waals surface area contributed by atoms with Gasteiger partial charge in [0.1, 0.15) is 23.5 Å². The van der Waals surface area contributed by atoms with Crippen molar-refractivity contribution < 1.29 is 9.18 Å². The first-order valence-corrected chi connectivity index (χ1v) is 13.9. The van der Waals surface area contributed by atoms with Crippen molar-refractivity contribution in [1.29, 1.82) is 0 Å². The molecule has 0 bridgehead atoms. The molecule has 0 atom stereocenters. The third kappa shape index (κ3) is 5.69. The van der Waals surface area contributed by atoms with E-state index in [2.05, 4.69) is 48.5 Å². The molecule has 2 aliphatic carbocycles. The Morgan fingerprint density at radius 2 is 1.95 bits per heavy atom. The predicted octanol–water partition coefficient (Wildman–Crippen LogP) is 4.63. The lowest BCUT2D eigenvalue weighted by Crippen LogP contribution is -2.49. The van der Waals surface area contributed by atoms with Crippen LogP contribution >= 0.6 is 0 Å². The Morgan fingerprint density at radius 1 is 1.21 bits per heavy atom. The quantitative estimate of drug-likeness (QED) is 0.396. The van der Waals surface area contributed by atoms with Crippen molar-refractivity contribution in [3.05, 3.63) is 75.5 Å². The molecule has 8 nitrogen and oxygen atoms in total. The fourth-order valence-electron chi connectivity index (χ4n) is 6.07. The van der Waals surface area contributed by atoms with E-state index >= 15 is 4.39 Å². The lowest BCUT2D eigenvalue weighted by atomic mass is 9.51. The maximum atomic E-state index is 15.1. The van der Waals surface area contributed by atoms with E-state index in [0.29, 0.717) is 24.9 Å². The zero-order valence-electron chi connectivity index (χ0n) is 23.6. The van der Waals surface area contributed by atoms with Gasteiger partial charge in [0.05, 0.1) is 11.1 Å². The molecule has 0 spiro atoms. The number of rotatable bonds is 10. The summed E-state index contributed by atoms with van der Waals surface area (Å²) in [5, 5.41) is 14.6. The summed E-state index contributed by atoms with van der Waals surface area (Å²) >= 11 is 0. The fraction of sp³-hybridized carbons (Fsp3) is 0.533. The second-order valence-electron chi connectivity index (χ2n) is 12.7.